The zero-order chi connectivity index (χ0) is 18.7. The summed E-state index contributed by atoms with van der Waals surface area (Å²) in [5.41, 5.74) is 3.08. The highest BCUT2D eigenvalue weighted by molar-refractivity contribution is 6.04. The van der Waals surface area contributed by atoms with Crippen molar-refractivity contribution >= 4 is 22.5 Å². The van der Waals surface area contributed by atoms with Crippen molar-refractivity contribution in [1.29, 1.82) is 0 Å². The summed E-state index contributed by atoms with van der Waals surface area (Å²) in [4.78, 5) is 22.9. The predicted octanol–water partition coefficient (Wildman–Crippen LogP) is 4.18. The molecule has 4 heterocycles. The van der Waals surface area contributed by atoms with Gasteiger partial charge < -0.3 is 4.90 Å². The Bertz CT molecular complexity index is 1060. The number of benzene rings is 2. The zero-order valence-electron chi connectivity index (χ0n) is 15.8. The molecule has 2 aromatic carbocycles. The average molecular weight is 369 g/mol. The summed E-state index contributed by atoms with van der Waals surface area (Å²) in [7, 11) is 0. The molecule has 0 unspecified atom stereocenters. The summed E-state index contributed by atoms with van der Waals surface area (Å²) >= 11 is 0. The van der Waals surface area contributed by atoms with Crippen LogP contribution in [0.2, 0.25) is 0 Å². The fourth-order valence-corrected chi connectivity index (χ4v) is 6.02. The van der Waals surface area contributed by atoms with E-state index in [1.807, 2.05) is 35.4 Å². The summed E-state index contributed by atoms with van der Waals surface area (Å²) in [5, 5.41) is 1.18. The molecule has 0 saturated carbocycles. The topological polar surface area (TPSA) is 36.4 Å². The van der Waals surface area contributed by atoms with Crippen molar-refractivity contribution < 1.29 is 4.79 Å². The van der Waals surface area contributed by atoms with E-state index < -0.39 is 0 Å². The number of hydrogen-bond acceptors (Lipinski definition) is 3. The molecule has 0 radical (unpaired) electrons. The molecule has 28 heavy (non-hydrogen) atoms. The van der Waals surface area contributed by atoms with Crippen LogP contribution in [-0.2, 0) is 4.79 Å². The summed E-state index contributed by atoms with van der Waals surface area (Å²) < 4.78 is 0. The van der Waals surface area contributed by atoms with Gasteiger partial charge in [-0.05, 0) is 49.6 Å². The number of hydrogen-bond donors (Lipinski definition) is 0. The van der Waals surface area contributed by atoms with E-state index in [0.29, 0.717) is 11.8 Å². The minimum atomic E-state index is -0.322. The SMILES string of the molecule is O=C1N(c2ccccc2)C[C@@H]2C[C@@H](c3cccc4cccnc34)N3CCC[C@@]123. The number of rotatable bonds is 2. The molecule has 0 bridgehead atoms. The van der Waals surface area contributed by atoms with Crippen LogP contribution in [0, 0.1) is 5.92 Å². The molecule has 1 spiro atoms. The Hall–Kier alpha value is -2.72. The first-order chi connectivity index (χ1) is 13.8. The molecular formula is C24H23N3O. The van der Waals surface area contributed by atoms with Gasteiger partial charge in [-0.25, -0.2) is 0 Å². The third kappa shape index (κ3) is 2.04. The van der Waals surface area contributed by atoms with Crippen molar-refractivity contribution in [3.8, 4) is 0 Å². The number of amides is 1. The van der Waals surface area contributed by atoms with E-state index >= 15 is 0 Å². The Balaban J connectivity index is 1.42. The van der Waals surface area contributed by atoms with E-state index in [-0.39, 0.29) is 11.6 Å². The van der Waals surface area contributed by atoms with E-state index in [9.17, 15) is 4.79 Å². The van der Waals surface area contributed by atoms with Crippen LogP contribution in [0.4, 0.5) is 5.69 Å². The van der Waals surface area contributed by atoms with Crippen molar-refractivity contribution in [1.82, 2.24) is 9.88 Å². The Morgan fingerprint density at radius 3 is 2.75 bits per heavy atom. The van der Waals surface area contributed by atoms with Gasteiger partial charge in [0.25, 0.3) is 0 Å². The minimum absolute atomic E-state index is 0.285. The lowest BCUT2D eigenvalue weighted by atomic mass is 9.85. The Morgan fingerprint density at radius 1 is 1.00 bits per heavy atom. The monoisotopic (exact) mass is 369 g/mol. The lowest BCUT2D eigenvalue weighted by Crippen LogP contribution is -2.49. The average Bonchev–Trinajstić information content (AvgIpc) is 3.38. The maximum atomic E-state index is 13.7. The normalized spacial score (nSPS) is 29.4. The number of carbonyl (C=O) groups excluding carboxylic acids is 1. The van der Waals surface area contributed by atoms with Gasteiger partial charge in [-0.3, -0.25) is 14.7 Å². The molecule has 4 heteroatoms. The smallest absolute Gasteiger partial charge is 0.247 e. The molecule has 3 aromatic rings. The molecular weight excluding hydrogens is 346 g/mol. The largest absolute Gasteiger partial charge is 0.310 e. The van der Waals surface area contributed by atoms with E-state index in [0.717, 1.165) is 43.6 Å². The van der Waals surface area contributed by atoms with Crippen LogP contribution in [0.15, 0.2) is 66.9 Å². The molecule has 3 atom stereocenters. The number of anilines is 1. The highest BCUT2D eigenvalue weighted by Crippen LogP contribution is 2.56. The second-order valence-corrected chi connectivity index (χ2v) is 8.34. The standard InChI is InChI=1S/C24H23N3O/c28-23-24-12-6-14-27(24)21(20-11-4-7-17-8-5-13-25-22(17)20)15-18(24)16-26(23)19-9-2-1-3-10-19/h1-5,7-11,13,18,21H,6,12,14-16H2/t18-,21-,24-/m0/s1. The number of aromatic nitrogens is 1. The first kappa shape index (κ1) is 16.3. The van der Waals surface area contributed by atoms with Crippen molar-refractivity contribution in [2.75, 3.05) is 18.0 Å². The fourth-order valence-electron chi connectivity index (χ4n) is 6.02. The first-order valence-corrected chi connectivity index (χ1v) is 10.3. The van der Waals surface area contributed by atoms with Crippen LogP contribution in [-0.4, -0.2) is 34.4 Å². The zero-order valence-corrected chi connectivity index (χ0v) is 15.8. The third-order valence-corrected chi connectivity index (χ3v) is 7.14. The van der Waals surface area contributed by atoms with E-state index in [1.54, 1.807) is 0 Å². The van der Waals surface area contributed by atoms with E-state index in [4.69, 9.17) is 4.98 Å². The fraction of sp³-hybridized carbons (Fsp3) is 0.333. The number of nitrogens with zero attached hydrogens (tertiary/aromatic N) is 3. The number of fused-ring (bicyclic) bond motifs is 1. The molecule has 3 saturated heterocycles. The molecule has 3 aliphatic rings. The lowest BCUT2D eigenvalue weighted by Gasteiger charge is -2.34. The van der Waals surface area contributed by atoms with E-state index in [2.05, 4.69) is 41.3 Å². The molecule has 3 aliphatic heterocycles. The van der Waals surface area contributed by atoms with Gasteiger partial charge in [0.2, 0.25) is 5.91 Å². The van der Waals surface area contributed by atoms with Crippen LogP contribution < -0.4 is 4.90 Å². The van der Waals surface area contributed by atoms with Gasteiger partial charge in [-0.15, -0.1) is 0 Å². The maximum absolute atomic E-state index is 13.7. The Kier molecular flexibility index (Phi) is 3.42. The quantitative estimate of drug-likeness (QED) is 0.680. The third-order valence-electron chi connectivity index (χ3n) is 7.14. The molecule has 6 rings (SSSR count). The van der Waals surface area contributed by atoms with E-state index in [1.165, 1.54) is 10.9 Å². The van der Waals surface area contributed by atoms with Gasteiger partial charge in [-0.1, -0.05) is 42.5 Å². The molecule has 0 aliphatic carbocycles. The molecule has 140 valence electrons. The first-order valence-electron chi connectivity index (χ1n) is 10.3. The molecule has 0 N–H and O–H groups in total. The number of pyridine rings is 1. The maximum Gasteiger partial charge on any atom is 0.247 e. The highest BCUT2D eigenvalue weighted by atomic mass is 16.2. The summed E-state index contributed by atoms with van der Waals surface area (Å²) in [5.74, 6) is 0.684. The van der Waals surface area contributed by atoms with Gasteiger partial charge in [0.15, 0.2) is 0 Å². The van der Waals surface area contributed by atoms with Crippen molar-refractivity contribution in [3.05, 3.63) is 72.4 Å². The summed E-state index contributed by atoms with van der Waals surface area (Å²) in [6.45, 7) is 1.83. The van der Waals surface area contributed by atoms with Gasteiger partial charge in [-0.2, -0.15) is 0 Å². The molecule has 4 nitrogen and oxygen atoms in total. The van der Waals surface area contributed by atoms with Gasteiger partial charge >= 0.3 is 0 Å². The Morgan fingerprint density at radius 2 is 1.86 bits per heavy atom. The summed E-state index contributed by atoms with van der Waals surface area (Å²) in [6.07, 6.45) is 4.99. The van der Waals surface area contributed by atoms with Gasteiger partial charge in [0.05, 0.1) is 5.52 Å². The second kappa shape index (κ2) is 5.89. The Labute approximate surface area is 164 Å². The van der Waals surface area contributed by atoms with Crippen molar-refractivity contribution in [2.24, 2.45) is 5.92 Å². The highest BCUT2D eigenvalue weighted by Gasteiger charge is 2.65. The van der Waals surface area contributed by atoms with Gasteiger partial charge in [0.1, 0.15) is 5.54 Å². The van der Waals surface area contributed by atoms with Crippen molar-refractivity contribution in [2.45, 2.75) is 30.8 Å². The molecule has 1 aromatic heterocycles. The van der Waals surface area contributed by atoms with Crippen LogP contribution in [0.3, 0.4) is 0 Å². The van der Waals surface area contributed by atoms with Crippen LogP contribution in [0.5, 0.6) is 0 Å². The minimum Gasteiger partial charge on any atom is -0.310 e. The van der Waals surface area contributed by atoms with Crippen molar-refractivity contribution in [3.63, 3.8) is 0 Å². The summed E-state index contributed by atoms with van der Waals surface area (Å²) in [6, 6.07) is 21.0. The van der Waals surface area contributed by atoms with Crippen LogP contribution in [0.25, 0.3) is 10.9 Å². The second-order valence-electron chi connectivity index (χ2n) is 8.34. The molecule has 1 amide bonds. The van der Waals surface area contributed by atoms with Gasteiger partial charge in [0, 0.05) is 35.8 Å². The van der Waals surface area contributed by atoms with Crippen LogP contribution >= 0.6 is 0 Å². The number of para-hydroxylation sites is 2. The predicted molar refractivity (Wildman–Crippen MR) is 110 cm³/mol. The van der Waals surface area contributed by atoms with Crippen LogP contribution in [0.1, 0.15) is 30.9 Å². The number of carbonyl (C=O) groups is 1. The molecule has 3 fully saturated rings. The lowest BCUT2D eigenvalue weighted by molar-refractivity contribution is -0.126.